The predicted molar refractivity (Wildman–Crippen MR) is 86.6 cm³/mol. The Morgan fingerprint density at radius 3 is 1.45 bits per heavy atom. The molecule has 6 nitrogen and oxygen atoms in total. The number of aromatic nitrogens is 4. The quantitative estimate of drug-likeness (QED) is 0.535. The highest BCUT2D eigenvalue weighted by molar-refractivity contribution is 6.03. The largest absolute Gasteiger partial charge is 0.270 e. The van der Waals surface area contributed by atoms with E-state index in [1.165, 1.54) is 0 Å². The van der Waals surface area contributed by atoms with Gasteiger partial charge in [-0.2, -0.15) is 10.2 Å². The summed E-state index contributed by atoms with van der Waals surface area (Å²) in [4.78, 5) is 8.63. The minimum Gasteiger partial charge on any atom is -0.270 e. The van der Waals surface area contributed by atoms with E-state index < -0.39 is 0 Å². The van der Waals surface area contributed by atoms with Crippen molar-refractivity contribution < 1.29 is 0 Å². The van der Waals surface area contributed by atoms with Crippen molar-refractivity contribution in [2.24, 2.45) is 9.98 Å². The van der Waals surface area contributed by atoms with Gasteiger partial charge in [0.2, 0.25) is 0 Å². The summed E-state index contributed by atoms with van der Waals surface area (Å²) in [6.45, 7) is 0. The zero-order valence-corrected chi connectivity index (χ0v) is 12.5. The van der Waals surface area contributed by atoms with E-state index in [0.29, 0.717) is 0 Å². The average Bonchev–Trinajstić information content (AvgIpc) is 3.24. The second-order valence-electron chi connectivity index (χ2n) is 4.57. The molecule has 3 rings (SSSR count). The van der Waals surface area contributed by atoms with E-state index in [-0.39, 0.29) is 0 Å². The van der Waals surface area contributed by atoms with Crippen LogP contribution in [0.4, 0.5) is 0 Å². The summed E-state index contributed by atoms with van der Waals surface area (Å²) in [5, 5.41) is 8.45. The molecule has 22 heavy (non-hydrogen) atoms. The third kappa shape index (κ3) is 2.58. The molecule has 0 unspecified atom stereocenters. The lowest BCUT2D eigenvalue weighted by atomic mass is 10.1. The fourth-order valence-corrected chi connectivity index (χ4v) is 2.28. The number of aliphatic imine (C=N–C) groups is 2. The Hall–Kier alpha value is -3.02. The van der Waals surface area contributed by atoms with Crippen molar-refractivity contribution in [3.63, 3.8) is 0 Å². The minimum absolute atomic E-state index is 0.797. The van der Waals surface area contributed by atoms with Crippen molar-refractivity contribution in [1.29, 1.82) is 0 Å². The Labute approximate surface area is 128 Å². The Kier molecular flexibility index (Phi) is 3.91. The van der Waals surface area contributed by atoms with E-state index in [9.17, 15) is 0 Å². The maximum Gasteiger partial charge on any atom is 0.155 e. The van der Waals surface area contributed by atoms with Crippen LogP contribution in [-0.4, -0.2) is 45.3 Å². The molecular formula is C16H16N6. The number of nitrogens with zero attached hydrogens (tertiary/aromatic N) is 6. The van der Waals surface area contributed by atoms with Gasteiger partial charge in [0, 0.05) is 50.0 Å². The van der Waals surface area contributed by atoms with Gasteiger partial charge in [-0.3, -0.25) is 9.98 Å². The van der Waals surface area contributed by atoms with Crippen molar-refractivity contribution in [3.8, 4) is 0 Å². The molecule has 1 aromatic carbocycles. The molecule has 0 bridgehead atoms. The molecule has 0 N–H and O–H groups in total. The second kappa shape index (κ2) is 6.17. The Morgan fingerprint density at radius 1 is 0.773 bits per heavy atom. The lowest BCUT2D eigenvalue weighted by Crippen LogP contribution is -2.16. The van der Waals surface area contributed by atoms with Crippen LogP contribution in [0.2, 0.25) is 0 Å². The molecule has 0 aliphatic rings. The van der Waals surface area contributed by atoms with Crippen LogP contribution in [0.5, 0.6) is 0 Å². The van der Waals surface area contributed by atoms with E-state index in [2.05, 4.69) is 20.2 Å². The van der Waals surface area contributed by atoms with Gasteiger partial charge >= 0.3 is 0 Å². The lowest BCUT2D eigenvalue weighted by molar-refractivity contribution is 0.926. The Balaban J connectivity index is 1.93. The number of benzene rings is 1. The van der Waals surface area contributed by atoms with Crippen molar-refractivity contribution in [2.45, 2.75) is 0 Å². The van der Waals surface area contributed by atoms with E-state index >= 15 is 0 Å². The molecule has 0 aliphatic carbocycles. The van der Waals surface area contributed by atoms with Gasteiger partial charge in [0.1, 0.15) is 0 Å². The highest BCUT2D eigenvalue weighted by atomic mass is 15.3. The van der Waals surface area contributed by atoms with Crippen molar-refractivity contribution in [3.05, 3.63) is 72.3 Å². The second-order valence-corrected chi connectivity index (χ2v) is 4.57. The van der Waals surface area contributed by atoms with Gasteiger partial charge < -0.3 is 0 Å². The topological polar surface area (TPSA) is 60.4 Å². The Morgan fingerprint density at radius 2 is 1.18 bits per heavy atom. The highest BCUT2D eigenvalue weighted by Gasteiger charge is 2.09. The molecule has 0 amide bonds. The summed E-state index contributed by atoms with van der Waals surface area (Å²) in [6, 6.07) is 11.8. The molecule has 0 saturated carbocycles. The highest BCUT2D eigenvalue weighted by Crippen LogP contribution is 2.09. The SMILES string of the molecule is CN=C(c1ccc(C(=NC)n2cccn2)cc1)n1cccn1. The normalized spacial score (nSPS) is 12.6. The van der Waals surface area contributed by atoms with E-state index in [0.717, 1.165) is 22.8 Å². The predicted octanol–water partition coefficient (Wildman–Crippen LogP) is 1.93. The van der Waals surface area contributed by atoms with Crippen LogP contribution in [0, 0.1) is 0 Å². The monoisotopic (exact) mass is 292 g/mol. The molecule has 0 atom stereocenters. The molecule has 2 aromatic heterocycles. The van der Waals surface area contributed by atoms with Gasteiger partial charge in [0.25, 0.3) is 0 Å². The molecule has 0 fully saturated rings. The standard InChI is InChI=1S/C16H16N6/c1-17-15(21-11-3-9-19-21)13-5-7-14(8-6-13)16(18-2)22-12-4-10-20-22/h3-12H,1-2H3. The van der Waals surface area contributed by atoms with Crippen LogP contribution in [0.1, 0.15) is 11.1 Å². The molecule has 0 spiro atoms. The molecule has 110 valence electrons. The van der Waals surface area contributed by atoms with E-state index in [1.807, 2.05) is 48.8 Å². The first-order chi connectivity index (χ1) is 10.8. The molecule has 0 radical (unpaired) electrons. The van der Waals surface area contributed by atoms with Crippen molar-refractivity contribution >= 4 is 11.7 Å². The molecule has 3 aromatic rings. The van der Waals surface area contributed by atoms with Gasteiger partial charge in [-0.25, -0.2) is 9.36 Å². The van der Waals surface area contributed by atoms with Crippen LogP contribution in [0.25, 0.3) is 0 Å². The summed E-state index contributed by atoms with van der Waals surface area (Å²) >= 11 is 0. The van der Waals surface area contributed by atoms with Gasteiger partial charge in [0.05, 0.1) is 0 Å². The van der Waals surface area contributed by atoms with E-state index in [1.54, 1.807) is 35.9 Å². The smallest absolute Gasteiger partial charge is 0.155 e. The van der Waals surface area contributed by atoms with Gasteiger partial charge in [-0.15, -0.1) is 0 Å². The lowest BCUT2D eigenvalue weighted by Gasteiger charge is -2.09. The third-order valence-corrected chi connectivity index (χ3v) is 3.27. The minimum atomic E-state index is 0.797. The fourth-order valence-electron chi connectivity index (χ4n) is 2.28. The van der Waals surface area contributed by atoms with Gasteiger partial charge in [-0.05, 0) is 12.1 Å². The van der Waals surface area contributed by atoms with E-state index in [4.69, 9.17) is 0 Å². The molecule has 0 saturated heterocycles. The third-order valence-electron chi connectivity index (χ3n) is 3.27. The van der Waals surface area contributed by atoms with Gasteiger partial charge in [0.15, 0.2) is 11.7 Å². The number of hydrogen-bond acceptors (Lipinski definition) is 4. The van der Waals surface area contributed by atoms with Crippen LogP contribution in [0.3, 0.4) is 0 Å². The van der Waals surface area contributed by atoms with Crippen LogP contribution in [0.15, 0.2) is 71.2 Å². The summed E-state index contributed by atoms with van der Waals surface area (Å²) in [5.74, 6) is 1.59. The molecular weight excluding hydrogens is 276 g/mol. The first kappa shape index (κ1) is 13.9. The summed E-state index contributed by atoms with van der Waals surface area (Å²) in [7, 11) is 3.52. The summed E-state index contributed by atoms with van der Waals surface area (Å²) in [5.41, 5.74) is 1.98. The maximum atomic E-state index is 4.31. The van der Waals surface area contributed by atoms with Gasteiger partial charge in [-0.1, -0.05) is 24.3 Å². The fraction of sp³-hybridized carbons (Fsp3) is 0.125. The summed E-state index contributed by atoms with van der Waals surface area (Å²) < 4.78 is 3.49. The number of hydrogen-bond donors (Lipinski definition) is 0. The zero-order valence-electron chi connectivity index (χ0n) is 12.5. The van der Waals surface area contributed by atoms with Crippen molar-refractivity contribution in [2.75, 3.05) is 14.1 Å². The summed E-state index contributed by atoms with van der Waals surface area (Å²) in [6.07, 6.45) is 7.22. The number of rotatable bonds is 2. The first-order valence-electron chi connectivity index (χ1n) is 6.88. The van der Waals surface area contributed by atoms with Crippen LogP contribution >= 0.6 is 0 Å². The van der Waals surface area contributed by atoms with Crippen molar-refractivity contribution in [1.82, 2.24) is 19.6 Å². The molecule has 0 aliphatic heterocycles. The zero-order chi connectivity index (χ0) is 15.4. The maximum absolute atomic E-state index is 4.31. The molecule has 2 heterocycles. The van der Waals surface area contributed by atoms with Crippen LogP contribution < -0.4 is 0 Å². The molecule has 6 heteroatoms. The van der Waals surface area contributed by atoms with Crippen LogP contribution in [-0.2, 0) is 0 Å². The first-order valence-corrected chi connectivity index (χ1v) is 6.88. The Bertz CT molecular complexity index is 711. The average molecular weight is 292 g/mol.